The van der Waals surface area contributed by atoms with Gasteiger partial charge in [0, 0.05) is 29.1 Å². The van der Waals surface area contributed by atoms with Crippen LogP contribution in [0.5, 0.6) is 5.75 Å². The normalized spacial score (nSPS) is 12.5. The van der Waals surface area contributed by atoms with E-state index in [0.717, 1.165) is 22.8 Å². The van der Waals surface area contributed by atoms with Gasteiger partial charge in [-0.05, 0) is 52.8 Å². The van der Waals surface area contributed by atoms with E-state index in [4.69, 9.17) is 4.74 Å². The Morgan fingerprint density at radius 3 is 2.67 bits per heavy atom. The van der Waals surface area contributed by atoms with Crippen LogP contribution >= 0.6 is 0 Å². The van der Waals surface area contributed by atoms with E-state index in [9.17, 15) is 9.18 Å². The summed E-state index contributed by atoms with van der Waals surface area (Å²) >= 11 is 0. The first-order valence-electron chi connectivity index (χ1n) is 9.76. The van der Waals surface area contributed by atoms with Gasteiger partial charge in [0.25, 0.3) is 5.91 Å². The highest BCUT2D eigenvalue weighted by Gasteiger charge is 2.17. The maximum atomic E-state index is 13.7. The number of carbonyl (C=O) groups is 1. The van der Waals surface area contributed by atoms with Gasteiger partial charge in [-0.25, -0.2) is 14.5 Å². The molecule has 0 saturated carbocycles. The first-order chi connectivity index (χ1) is 14.3. The summed E-state index contributed by atoms with van der Waals surface area (Å²) in [4.78, 5) is 12.2. The van der Waals surface area contributed by atoms with Crippen molar-refractivity contribution in [1.29, 1.82) is 0 Å². The number of amides is 1. The third kappa shape index (κ3) is 4.42. The second kappa shape index (κ2) is 8.94. The molecule has 2 aromatic heterocycles. The molecule has 0 radical (unpaired) electrons. The number of ether oxygens (including phenoxy) is 1. The molecule has 0 aliphatic rings. The monoisotopic (exact) mass is 411 g/mol. The van der Waals surface area contributed by atoms with Crippen LogP contribution in [0.4, 0.5) is 4.39 Å². The number of aryl methyl sites for hydroxylation is 1. The molecule has 8 heteroatoms. The van der Waals surface area contributed by atoms with Crippen LogP contribution in [-0.4, -0.2) is 32.6 Å². The van der Waals surface area contributed by atoms with Crippen molar-refractivity contribution >= 4 is 12.1 Å². The van der Waals surface area contributed by atoms with Gasteiger partial charge in [-0.2, -0.15) is 10.2 Å². The van der Waals surface area contributed by atoms with Crippen LogP contribution < -0.4 is 10.2 Å². The van der Waals surface area contributed by atoms with Gasteiger partial charge in [-0.15, -0.1) is 0 Å². The molecule has 30 heavy (non-hydrogen) atoms. The van der Waals surface area contributed by atoms with Crippen LogP contribution in [0.25, 0.3) is 5.82 Å². The highest BCUT2D eigenvalue weighted by atomic mass is 19.1. The molecule has 7 nitrogen and oxygen atoms in total. The number of carbonyl (C=O) groups excluding carboxylic acids is 1. The number of nitrogens with one attached hydrogen (secondary N) is 1. The highest BCUT2D eigenvalue weighted by molar-refractivity contribution is 5.85. The van der Waals surface area contributed by atoms with Crippen molar-refractivity contribution in [3.63, 3.8) is 0 Å². The Morgan fingerprint density at radius 2 is 1.97 bits per heavy atom. The Hall–Kier alpha value is -3.42. The van der Waals surface area contributed by atoms with Crippen LogP contribution in [0.15, 0.2) is 47.7 Å². The molecule has 0 bridgehead atoms. The minimum Gasteiger partial charge on any atom is -0.478 e. The van der Waals surface area contributed by atoms with E-state index in [1.807, 2.05) is 30.7 Å². The van der Waals surface area contributed by atoms with Gasteiger partial charge in [-0.3, -0.25) is 4.79 Å². The Bertz CT molecular complexity index is 1070. The molecule has 1 N–H and O–H groups in total. The van der Waals surface area contributed by atoms with Crippen LogP contribution in [0, 0.1) is 19.7 Å². The largest absolute Gasteiger partial charge is 0.478 e. The van der Waals surface area contributed by atoms with Crippen LogP contribution in [0.1, 0.15) is 43.8 Å². The van der Waals surface area contributed by atoms with Gasteiger partial charge in [0.15, 0.2) is 17.7 Å². The lowest BCUT2D eigenvalue weighted by atomic mass is 10.3. The predicted octanol–water partition coefficient (Wildman–Crippen LogP) is 3.93. The summed E-state index contributed by atoms with van der Waals surface area (Å²) in [7, 11) is 0. The van der Waals surface area contributed by atoms with E-state index < -0.39 is 17.8 Å². The third-order valence-electron chi connectivity index (χ3n) is 4.73. The number of hydrogen-bond donors (Lipinski definition) is 1. The molecule has 1 atom stereocenters. The maximum absolute atomic E-state index is 13.7. The van der Waals surface area contributed by atoms with Crippen LogP contribution in [-0.2, 0) is 4.79 Å². The lowest BCUT2D eigenvalue weighted by Gasteiger charge is -2.15. The molecule has 0 aliphatic carbocycles. The number of para-hydroxylation sites is 1. The molecule has 0 aliphatic heterocycles. The smallest absolute Gasteiger partial charge is 0.280 e. The van der Waals surface area contributed by atoms with Crippen LogP contribution in [0.2, 0.25) is 0 Å². The molecule has 0 fully saturated rings. The lowest BCUT2D eigenvalue weighted by Crippen LogP contribution is -2.33. The fourth-order valence-corrected chi connectivity index (χ4v) is 3.19. The van der Waals surface area contributed by atoms with E-state index in [-0.39, 0.29) is 11.8 Å². The topological polar surface area (TPSA) is 73.4 Å². The second-order valence-corrected chi connectivity index (χ2v) is 7.31. The minimum absolute atomic E-state index is 0.0226. The van der Waals surface area contributed by atoms with Gasteiger partial charge < -0.3 is 9.30 Å². The number of hydrogen-bond acceptors (Lipinski definition) is 4. The van der Waals surface area contributed by atoms with E-state index in [2.05, 4.69) is 34.0 Å². The van der Waals surface area contributed by atoms with Gasteiger partial charge in [0.1, 0.15) is 5.82 Å². The number of hydrazone groups is 1. The standard InChI is InChI=1S/C22H26FN5O2/c1-14(2)28-21(10-11-25-28)27-15(3)12-18(16(27)4)13-24-26-22(29)17(5)30-20-9-7-6-8-19(20)23/h6-14,17H,1-5H3,(H,26,29)/b24-13-/t17-/m0/s1. The van der Waals surface area contributed by atoms with Crippen molar-refractivity contribution in [3.8, 4) is 11.6 Å². The van der Waals surface area contributed by atoms with Crippen molar-refractivity contribution in [2.75, 3.05) is 0 Å². The Labute approximate surface area is 175 Å². The third-order valence-corrected chi connectivity index (χ3v) is 4.73. The summed E-state index contributed by atoms with van der Waals surface area (Å²) in [5, 5.41) is 8.44. The molecule has 3 rings (SSSR count). The van der Waals surface area contributed by atoms with E-state index in [1.165, 1.54) is 19.1 Å². The highest BCUT2D eigenvalue weighted by Crippen LogP contribution is 2.21. The zero-order valence-corrected chi connectivity index (χ0v) is 17.8. The fourth-order valence-electron chi connectivity index (χ4n) is 3.19. The van der Waals surface area contributed by atoms with E-state index in [1.54, 1.807) is 24.5 Å². The summed E-state index contributed by atoms with van der Waals surface area (Å²) in [6.07, 6.45) is 2.47. The zero-order chi connectivity index (χ0) is 21.8. The molecule has 0 unspecified atom stereocenters. The van der Waals surface area contributed by atoms with Crippen molar-refractivity contribution in [3.05, 3.63) is 65.4 Å². The molecule has 0 saturated heterocycles. The quantitative estimate of drug-likeness (QED) is 0.473. The minimum atomic E-state index is -0.896. The predicted molar refractivity (Wildman–Crippen MR) is 114 cm³/mol. The molecular formula is C22H26FN5O2. The molecule has 158 valence electrons. The van der Waals surface area contributed by atoms with Gasteiger partial charge >= 0.3 is 0 Å². The van der Waals surface area contributed by atoms with Gasteiger partial charge in [0.2, 0.25) is 0 Å². The van der Waals surface area contributed by atoms with Crippen molar-refractivity contribution < 1.29 is 13.9 Å². The molecule has 3 aromatic rings. The number of benzene rings is 1. The summed E-state index contributed by atoms with van der Waals surface area (Å²) in [5.41, 5.74) is 5.32. The van der Waals surface area contributed by atoms with Crippen molar-refractivity contribution in [1.82, 2.24) is 19.8 Å². The molecule has 1 aromatic carbocycles. The Balaban J connectivity index is 1.70. The average molecular weight is 411 g/mol. The Morgan fingerprint density at radius 1 is 1.23 bits per heavy atom. The molecular weight excluding hydrogens is 385 g/mol. The summed E-state index contributed by atoms with van der Waals surface area (Å²) in [6.45, 7) is 9.68. The number of aromatic nitrogens is 3. The SMILES string of the molecule is Cc1cc(/C=N\NC(=O)[C@H](C)Oc2ccccc2F)c(C)n1-c1ccnn1C(C)C. The fraction of sp³-hybridized carbons (Fsp3) is 0.318. The molecule has 0 spiro atoms. The summed E-state index contributed by atoms with van der Waals surface area (Å²) in [6, 6.07) is 10.1. The second-order valence-electron chi connectivity index (χ2n) is 7.31. The van der Waals surface area contributed by atoms with Gasteiger partial charge in [-0.1, -0.05) is 12.1 Å². The number of halogens is 1. The zero-order valence-electron chi connectivity index (χ0n) is 17.8. The van der Waals surface area contributed by atoms with Crippen molar-refractivity contribution in [2.24, 2.45) is 5.10 Å². The van der Waals surface area contributed by atoms with E-state index in [0.29, 0.717) is 0 Å². The first-order valence-corrected chi connectivity index (χ1v) is 9.76. The number of rotatable bonds is 7. The van der Waals surface area contributed by atoms with Crippen LogP contribution in [0.3, 0.4) is 0 Å². The summed E-state index contributed by atoms with van der Waals surface area (Å²) < 4.78 is 23.1. The first kappa shape index (κ1) is 21.3. The Kier molecular flexibility index (Phi) is 6.34. The molecule has 1 amide bonds. The van der Waals surface area contributed by atoms with Gasteiger partial charge in [0.05, 0.1) is 12.4 Å². The number of nitrogens with zero attached hydrogens (tertiary/aromatic N) is 4. The lowest BCUT2D eigenvalue weighted by molar-refractivity contribution is -0.127. The average Bonchev–Trinajstić information content (AvgIpc) is 3.28. The van der Waals surface area contributed by atoms with E-state index >= 15 is 0 Å². The maximum Gasteiger partial charge on any atom is 0.280 e. The molecule has 2 heterocycles. The van der Waals surface area contributed by atoms with Crippen molar-refractivity contribution in [2.45, 2.75) is 46.8 Å². The summed E-state index contributed by atoms with van der Waals surface area (Å²) in [5.74, 6) is -0.0000378.